The van der Waals surface area contributed by atoms with Crippen LogP contribution in [0.1, 0.15) is 35.9 Å². The van der Waals surface area contributed by atoms with E-state index in [4.69, 9.17) is 9.47 Å². The van der Waals surface area contributed by atoms with Crippen LogP contribution in [0.25, 0.3) is 0 Å². The number of esters is 1. The van der Waals surface area contributed by atoms with Crippen LogP contribution in [0.3, 0.4) is 0 Å². The molecule has 104 valence electrons. The van der Waals surface area contributed by atoms with Gasteiger partial charge in [-0.05, 0) is 19.4 Å². The fourth-order valence-corrected chi connectivity index (χ4v) is 2.95. The Kier molecular flexibility index (Phi) is 3.69. The van der Waals surface area contributed by atoms with Gasteiger partial charge in [-0.1, -0.05) is 18.2 Å². The van der Waals surface area contributed by atoms with Crippen LogP contribution >= 0.6 is 11.3 Å². The zero-order valence-corrected chi connectivity index (χ0v) is 11.9. The topological polar surface area (TPSA) is 48.4 Å². The highest BCUT2D eigenvalue weighted by molar-refractivity contribution is 7.09. The van der Waals surface area contributed by atoms with E-state index >= 15 is 0 Å². The molecule has 3 rings (SSSR count). The minimum atomic E-state index is -0.308. The van der Waals surface area contributed by atoms with Crippen molar-refractivity contribution in [2.24, 2.45) is 0 Å². The van der Waals surface area contributed by atoms with E-state index in [0.29, 0.717) is 13.0 Å². The van der Waals surface area contributed by atoms with Gasteiger partial charge < -0.3 is 9.47 Å². The van der Waals surface area contributed by atoms with Crippen molar-refractivity contribution in [3.63, 3.8) is 0 Å². The van der Waals surface area contributed by atoms with E-state index in [9.17, 15) is 4.79 Å². The quantitative estimate of drug-likeness (QED) is 0.813. The summed E-state index contributed by atoms with van der Waals surface area (Å²) in [4.78, 5) is 16.5. The number of rotatable bonds is 3. The van der Waals surface area contributed by atoms with Gasteiger partial charge in [0.15, 0.2) is 6.10 Å². The molecule has 2 heterocycles. The van der Waals surface area contributed by atoms with Gasteiger partial charge in [0, 0.05) is 17.1 Å². The third kappa shape index (κ3) is 2.54. The molecule has 20 heavy (non-hydrogen) atoms. The van der Waals surface area contributed by atoms with E-state index < -0.39 is 0 Å². The van der Waals surface area contributed by atoms with Crippen LogP contribution in [0.2, 0.25) is 0 Å². The van der Waals surface area contributed by atoms with Gasteiger partial charge in [0.2, 0.25) is 0 Å². The predicted molar refractivity (Wildman–Crippen MR) is 75.9 cm³/mol. The van der Waals surface area contributed by atoms with E-state index in [1.807, 2.05) is 36.6 Å². The highest BCUT2D eigenvalue weighted by atomic mass is 32.1. The Hall–Kier alpha value is -1.88. The second-order valence-electron chi connectivity index (χ2n) is 4.68. The minimum absolute atomic E-state index is 0.205. The van der Waals surface area contributed by atoms with E-state index in [-0.39, 0.29) is 18.0 Å². The molecule has 0 radical (unpaired) electrons. The second-order valence-corrected chi connectivity index (χ2v) is 5.60. The third-order valence-electron chi connectivity index (χ3n) is 3.34. The first-order valence-corrected chi connectivity index (χ1v) is 7.45. The molecule has 0 saturated carbocycles. The molecular weight excluding hydrogens is 274 g/mol. The lowest BCUT2D eigenvalue weighted by molar-refractivity contribution is -0.151. The number of para-hydroxylation sites is 1. The normalized spacial score (nSPS) is 18.8. The summed E-state index contributed by atoms with van der Waals surface area (Å²) in [5.74, 6) is 0.327. The van der Waals surface area contributed by atoms with Crippen molar-refractivity contribution in [3.05, 3.63) is 46.4 Å². The number of thiazole rings is 1. The summed E-state index contributed by atoms with van der Waals surface area (Å²) >= 11 is 1.49. The first-order chi connectivity index (χ1) is 9.75. The van der Waals surface area contributed by atoms with Crippen molar-refractivity contribution >= 4 is 17.3 Å². The van der Waals surface area contributed by atoms with Gasteiger partial charge in [-0.2, -0.15) is 0 Å². The van der Waals surface area contributed by atoms with Crippen molar-refractivity contribution in [2.75, 3.05) is 6.61 Å². The molecule has 1 aliphatic heterocycles. The number of hydrogen-bond acceptors (Lipinski definition) is 5. The van der Waals surface area contributed by atoms with E-state index in [1.165, 1.54) is 11.3 Å². The first kappa shape index (κ1) is 13.1. The smallest absolute Gasteiger partial charge is 0.314 e. The molecule has 0 fully saturated rings. The summed E-state index contributed by atoms with van der Waals surface area (Å²) in [6.07, 6.45) is 2.06. The molecule has 1 aromatic carbocycles. The molecule has 0 saturated heterocycles. The average Bonchev–Trinajstić information content (AvgIpc) is 3.01. The van der Waals surface area contributed by atoms with Gasteiger partial charge in [-0.15, -0.1) is 11.3 Å². The maximum Gasteiger partial charge on any atom is 0.314 e. The third-order valence-corrected chi connectivity index (χ3v) is 4.27. The van der Waals surface area contributed by atoms with Crippen molar-refractivity contribution in [1.29, 1.82) is 0 Å². The van der Waals surface area contributed by atoms with Gasteiger partial charge in [0.1, 0.15) is 10.8 Å². The molecule has 0 aliphatic carbocycles. The van der Waals surface area contributed by atoms with E-state index in [0.717, 1.165) is 16.3 Å². The maximum atomic E-state index is 12.4. The van der Waals surface area contributed by atoms with Gasteiger partial charge >= 0.3 is 5.97 Å². The van der Waals surface area contributed by atoms with E-state index in [1.54, 1.807) is 6.20 Å². The Bertz CT molecular complexity index is 597. The fourth-order valence-electron chi connectivity index (χ4n) is 2.33. The predicted octanol–water partition coefficient (Wildman–Crippen LogP) is 3.31. The Morgan fingerprint density at radius 1 is 1.50 bits per heavy atom. The van der Waals surface area contributed by atoms with Gasteiger partial charge in [-0.25, -0.2) is 4.98 Å². The number of carbonyl (C=O) groups excluding carboxylic acids is 1. The summed E-state index contributed by atoms with van der Waals surface area (Å²) in [7, 11) is 0. The number of fused-ring (bicyclic) bond motifs is 1. The van der Waals surface area contributed by atoms with E-state index in [2.05, 4.69) is 4.98 Å². The molecule has 0 amide bonds. The zero-order chi connectivity index (χ0) is 13.9. The lowest BCUT2D eigenvalue weighted by atomic mass is 9.93. The molecule has 0 spiro atoms. The van der Waals surface area contributed by atoms with Gasteiger partial charge in [0.25, 0.3) is 0 Å². The largest absolute Gasteiger partial charge is 0.493 e. The lowest BCUT2D eigenvalue weighted by Crippen LogP contribution is -2.24. The Labute approximate surface area is 121 Å². The summed E-state index contributed by atoms with van der Waals surface area (Å²) < 4.78 is 11.1. The highest BCUT2D eigenvalue weighted by Crippen LogP contribution is 2.35. The molecule has 4 nitrogen and oxygen atoms in total. The SMILES string of the molecule is CC(OC(=O)C1CCOc2ccccc21)c1nccs1. The summed E-state index contributed by atoms with van der Waals surface area (Å²) in [5, 5.41) is 2.70. The Balaban J connectivity index is 1.75. The zero-order valence-electron chi connectivity index (χ0n) is 11.1. The summed E-state index contributed by atoms with van der Waals surface area (Å²) in [5.41, 5.74) is 0.912. The molecule has 1 aliphatic rings. The first-order valence-electron chi connectivity index (χ1n) is 6.57. The lowest BCUT2D eigenvalue weighted by Gasteiger charge is -2.25. The Morgan fingerprint density at radius 2 is 2.35 bits per heavy atom. The molecule has 1 aromatic heterocycles. The van der Waals surface area contributed by atoms with Gasteiger partial charge in [0.05, 0.1) is 12.5 Å². The maximum absolute atomic E-state index is 12.4. The number of carbonyl (C=O) groups is 1. The number of nitrogens with zero attached hydrogens (tertiary/aromatic N) is 1. The van der Waals surface area contributed by atoms with Crippen molar-refractivity contribution in [1.82, 2.24) is 4.98 Å². The number of ether oxygens (including phenoxy) is 2. The molecular formula is C15H15NO3S. The summed E-state index contributed by atoms with van der Waals surface area (Å²) in [6.45, 7) is 2.39. The van der Waals surface area contributed by atoms with Crippen LogP contribution < -0.4 is 4.74 Å². The Morgan fingerprint density at radius 3 is 3.15 bits per heavy atom. The molecule has 2 unspecified atom stereocenters. The second kappa shape index (κ2) is 5.63. The monoisotopic (exact) mass is 289 g/mol. The highest BCUT2D eigenvalue weighted by Gasteiger charge is 2.30. The average molecular weight is 289 g/mol. The van der Waals surface area contributed by atoms with Crippen molar-refractivity contribution < 1.29 is 14.3 Å². The van der Waals surface area contributed by atoms with Crippen molar-refractivity contribution in [3.8, 4) is 5.75 Å². The van der Waals surface area contributed by atoms with Crippen molar-refractivity contribution in [2.45, 2.75) is 25.4 Å². The molecule has 0 N–H and O–H groups in total. The van der Waals surface area contributed by atoms with Crippen LogP contribution in [0.15, 0.2) is 35.8 Å². The molecule has 5 heteroatoms. The van der Waals surface area contributed by atoms with Crippen LogP contribution in [0, 0.1) is 0 Å². The molecule has 0 bridgehead atoms. The van der Waals surface area contributed by atoms with Crippen LogP contribution in [0.4, 0.5) is 0 Å². The number of benzene rings is 1. The number of hydrogen-bond donors (Lipinski definition) is 0. The van der Waals surface area contributed by atoms with Crippen LogP contribution in [-0.4, -0.2) is 17.6 Å². The molecule has 2 atom stereocenters. The standard InChI is InChI=1S/C15H15NO3S/c1-10(14-16-7-9-20-14)19-15(17)12-6-8-18-13-5-3-2-4-11(12)13/h2-5,7,9-10,12H,6,8H2,1H3. The van der Waals surface area contributed by atoms with Gasteiger partial charge in [-0.3, -0.25) is 4.79 Å². The van der Waals surface area contributed by atoms with Crippen LogP contribution in [-0.2, 0) is 9.53 Å². The summed E-state index contributed by atoms with van der Waals surface area (Å²) in [6, 6.07) is 7.64. The molecule has 2 aromatic rings. The fraction of sp³-hybridized carbons (Fsp3) is 0.333. The number of aromatic nitrogens is 1. The minimum Gasteiger partial charge on any atom is -0.493 e. The van der Waals surface area contributed by atoms with Crippen LogP contribution in [0.5, 0.6) is 5.75 Å².